The van der Waals surface area contributed by atoms with Gasteiger partial charge in [0.05, 0.1) is 11.1 Å². The maximum atomic E-state index is 13.2. The number of anilines is 1. The molecule has 3 aromatic rings. The number of fused-ring (bicyclic) bond motifs is 1. The molecule has 1 amide bonds. The van der Waals surface area contributed by atoms with Crippen LogP contribution in [0.1, 0.15) is 40.4 Å². The van der Waals surface area contributed by atoms with E-state index in [0.29, 0.717) is 22.7 Å². The predicted octanol–water partition coefficient (Wildman–Crippen LogP) is 4.81. The molecule has 1 aliphatic carbocycles. The minimum atomic E-state index is -0.309. The van der Waals surface area contributed by atoms with E-state index in [1.807, 2.05) is 30.3 Å². The number of pyridine rings is 1. The summed E-state index contributed by atoms with van der Waals surface area (Å²) in [6.07, 6.45) is 2.26. The number of hydrogen-bond donors (Lipinski definition) is 1. The van der Waals surface area contributed by atoms with E-state index in [2.05, 4.69) is 10.3 Å². The zero-order chi connectivity index (χ0) is 16.7. The van der Waals surface area contributed by atoms with Gasteiger partial charge in [0.2, 0.25) is 0 Å². The molecule has 3 nitrogen and oxygen atoms in total. The number of hydrogen-bond acceptors (Lipinski definition) is 2. The van der Waals surface area contributed by atoms with E-state index in [9.17, 15) is 9.18 Å². The van der Waals surface area contributed by atoms with Crippen molar-refractivity contribution < 1.29 is 9.18 Å². The Bertz CT molecular complexity index is 948. The molecule has 1 heterocycles. The van der Waals surface area contributed by atoms with Gasteiger partial charge in [0, 0.05) is 22.7 Å². The van der Waals surface area contributed by atoms with E-state index in [0.717, 1.165) is 29.4 Å². The van der Waals surface area contributed by atoms with Crippen molar-refractivity contribution in [2.45, 2.75) is 25.7 Å². The van der Waals surface area contributed by atoms with Gasteiger partial charge in [0.25, 0.3) is 5.91 Å². The highest BCUT2D eigenvalue weighted by molar-refractivity contribution is 6.12. The maximum absolute atomic E-state index is 13.2. The van der Waals surface area contributed by atoms with Gasteiger partial charge in [-0.15, -0.1) is 0 Å². The lowest BCUT2D eigenvalue weighted by molar-refractivity contribution is 0.102. The Hall–Kier alpha value is -2.75. The molecule has 24 heavy (non-hydrogen) atoms. The zero-order valence-corrected chi connectivity index (χ0v) is 13.3. The van der Waals surface area contributed by atoms with Crippen LogP contribution in [0.3, 0.4) is 0 Å². The second-order valence-electron chi connectivity index (χ2n) is 6.30. The van der Waals surface area contributed by atoms with Crippen molar-refractivity contribution in [3.63, 3.8) is 0 Å². The third-order valence-corrected chi connectivity index (χ3v) is 4.41. The second-order valence-corrected chi connectivity index (χ2v) is 6.30. The molecule has 4 rings (SSSR count). The van der Waals surface area contributed by atoms with Crippen molar-refractivity contribution in [1.29, 1.82) is 0 Å². The lowest BCUT2D eigenvalue weighted by atomic mass is 10.0. The van der Waals surface area contributed by atoms with Gasteiger partial charge >= 0.3 is 0 Å². The van der Waals surface area contributed by atoms with Crippen molar-refractivity contribution in [1.82, 2.24) is 4.98 Å². The standard InChI is InChI=1S/C20H17FN2O/c1-12-10-14(21)8-9-17(12)23-20(24)16-11-19(13-6-7-13)22-18-5-3-2-4-15(16)18/h2-5,8-11,13H,6-7H2,1H3,(H,23,24). The molecule has 0 spiro atoms. The van der Waals surface area contributed by atoms with Crippen LogP contribution in [-0.2, 0) is 0 Å². The van der Waals surface area contributed by atoms with Gasteiger partial charge in [-0.05, 0) is 55.7 Å². The van der Waals surface area contributed by atoms with Gasteiger partial charge in [0.15, 0.2) is 0 Å². The molecule has 0 saturated heterocycles. The maximum Gasteiger partial charge on any atom is 0.256 e. The average Bonchev–Trinajstić information content (AvgIpc) is 3.41. The first kappa shape index (κ1) is 14.8. The number of carbonyl (C=O) groups is 1. The Morgan fingerprint density at radius 2 is 1.96 bits per heavy atom. The van der Waals surface area contributed by atoms with E-state index < -0.39 is 0 Å². The monoisotopic (exact) mass is 320 g/mol. The number of amides is 1. The SMILES string of the molecule is Cc1cc(F)ccc1NC(=O)c1cc(C2CC2)nc2ccccc12. The fourth-order valence-electron chi connectivity index (χ4n) is 2.93. The van der Waals surface area contributed by atoms with Crippen molar-refractivity contribution >= 4 is 22.5 Å². The first-order chi connectivity index (χ1) is 11.6. The quantitative estimate of drug-likeness (QED) is 0.752. The second kappa shape index (κ2) is 5.71. The van der Waals surface area contributed by atoms with Crippen molar-refractivity contribution in [2.24, 2.45) is 0 Å². The molecule has 0 aliphatic heterocycles. The molecule has 0 bridgehead atoms. The summed E-state index contributed by atoms with van der Waals surface area (Å²) < 4.78 is 13.2. The van der Waals surface area contributed by atoms with E-state index >= 15 is 0 Å². The summed E-state index contributed by atoms with van der Waals surface area (Å²) >= 11 is 0. The van der Waals surface area contributed by atoms with Gasteiger partial charge in [-0.25, -0.2) is 4.39 Å². The molecule has 1 aromatic heterocycles. The van der Waals surface area contributed by atoms with Gasteiger partial charge in [0.1, 0.15) is 5.82 Å². The minimum absolute atomic E-state index is 0.190. The number of carbonyl (C=O) groups excluding carboxylic acids is 1. The van der Waals surface area contributed by atoms with Crippen LogP contribution in [0.4, 0.5) is 10.1 Å². The van der Waals surface area contributed by atoms with Crippen LogP contribution in [0.25, 0.3) is 10.9 Å². The predicted molar refractivity (Wildman–Crippen MR) is 92.8 cm³/mol. The molecule has 1 saturated carbocycles. The van der Waals surface area contributed by atoms with E-state index in [4.69, 9.17) is 0 Å². The van der Waals surface area contributed by atoms with E-state index in [1.54, 1.807) is 13.0 Å². The van der Waals surface area contributed by atoms with Crippen molar-refractivity contribution in [3.05, 3.63) is 71.2 Å². The number of rotatable bonds is 3. The summed E-state index contributed by atoms with van der Waals surface area (Å²) in [7, 11) is 0. The number of benzene rings is 2. The Balaban J connectivity index is 1.75. The number of nitrogens with zero attached hydrogens (tertiary/aromatic N) is 1. The smallest absolute Gasteiger partial charge is 0.256 e. The summed E-state index contributed by atoms with van der Waals surface area (Å²) in [5.41, 5.74) is 3.75. The largest absolute Gasteiger partial charge is 0.322 e. The highest BCUT2D eigenvalue weighted by Gasteiger charge is 2.27. The van der Waals surface area contributed by atoms with Crippen LogP contribution in [0.2, 0.25) is 0 Å². The highest BCUT2D eigenvalue weighted by atomic mass is 19.1. The third kappa shape index (κ3) is 2.75. The van der Waals surface area contributed by atoms with Gasteiger partial charge in [-0.3, -0.25) is 9.78 Å². The van der Waals surface area contributed by atoms with Crippen molar-refractivity contribution in [2.75, 3.05) is 5.32 Å². The molecule has 1 fully saturated rings. The topological polar surface area (TPSA) is 42.0 Å². The van der Waals surface area contributed by atoms with Crippen LogP contribution in [-0.4, -0.2) is 10.9 Å². The van der Waals surface area contributed by atoms with Crippen molar-refractivity contribution in [3.8, 4) is 0 Å². The van der Waals surface area contributed by atoms with Gasteiger partial charge < -0.3 is 5.32 Å². The normalized spacial score (nSPS) is 13.9. The lowest BCUT2D eigenvalue weighted by Gasteiger charge is -2.12. The molecule has 1 N–H and O–H groups in total. The van der Waals surface area contributed by atoms with E-state index in [1.165, 1.54) is 12.1 Å². The third-order valence-electron chi connectivity index (χ3n) is 4.41. The molecule has 1 aliphatic rings. The Morgan fingerprint density at radius 1 is 1.17 bits per heavy atom. The Kier molecular flexibility index (Phi) is 3.53. The number of halogens is 1. The molecule has 0 unspecified atom stereocenters. The summed E-state index contributed by atoms with van der Waals surface area (Å²) in [6, 6.07) is 13.9. The first-order valence-corrected chi connectivity index (χ1v) is 8.09. The van der Waals surface area contributed by atoms with Crippen LogP contribution in [0, 0.1) is 12.7 Å². The lowest BCUT2D eigenvalue weighted by Crippen LogP contribution is -2.14. The molecule has 120 valence electrons. The molecule has 0 atom stereocenters. The summed E-state index contributed by atoms with van der Waals surface area (Å²) in [4.78, 5) is 17.5. The fourth-order valence-corrected chi connectivity index (χ4v) is 2.93. The van der Waals surface area contributed by atoms with E-state index in [-0.39, 0.29) is 11.7 Å². The first-order valence-electron chi connectivity index (χ1n) is 8.09. The number of aromatic nitrogens is 1. The minimum Gasteiger partial charge on any atom is -0.322 e. The van der Waals surface area contributed by atoms with Crippen LogP contribution in [0.15, 0.2) is 48.5 Å². The van der Waals surface area contributed by atoms with Crippen LogP contribution >= 0.6 is 0 Å². The van der Waals surface area contributed by atoms with Crippen LogP contribution < -0.4 is 5.32 Å². The Morgan fingerprint density at radius 3 is 2.71 bits per heavy atom. The van der Waals surface area contributed by atoms with Gasteiger partial charge in [-0.2, -0.15) is 0 Å². The zero-order valence-electron chi connectivity index (χ0n) is 13.3. The fraction of sp³-hybridized carbons (Fsp3) is 0.200. The molecule has 4 heteroatoms. The number of aryl methyl sites for hydroxylation is 1. The van der Waals surface area contributed by atoms with Gasteiger partial charge in [-0.1, -0.05) is 18.2 Å². The average molecular weight is 320 g/mol. The highest BCUT2D eigenvalue weighted by Crippen LogP contribution is 2.40. The molecule has 0 radical (unpaired) electrons. The summed E-state index contributed by atoms with van der Waals surface area (Å²) in [6.45, 7) is 1.78. The Labute approximate surface area is 139 Å². The number of nitrogens with one attached hydrogen (secondary N) is 1. The summed E-state index contributed by atoms with van der Waals surface area (Å²) in [5, 5.41) is 3.73. The molecular formula is C20H17FN2O. The number of para-hydroxylation sites is 1. The molecular weight excluding hydrogens is 303 g/mol. The summed E-state index contributed by atoms with van der Waals surface area (Å²) in [5.74, 6) is -0.0326. The van der Waals surface area contributed by atoms with Crippen LogP contribution in [0.5, 0.6) is 0 Å². The molecule has 2 aromatic carbocycles.